The normalized spacial score (nSPS) is 20.2. The lowest BCUT2D eigenvalue weighted by atomic mass is 10.1. The fourth-order valence-electron chi connectivity index (χ4n) is 3.22. The molecule has 24 heavy (non-hydrogen) atoms. The molecule has 2 aromatic heterocycles. The lowest BCUT2D eigenvalue weighted by Crippen LogP contribution is -2.42. The standard InChI is InChI=1S/C18H23N3O2S/c22-18(10-17-2-1-9-24-17)20-11-15-5-7-19-21(15)16(12-20)6-8-23-13-14-3-4-14/h1-2,5,7,9,14,16H,3-4,6,8,10-13H2/t16-/m1/s1. The van der Waals surface area contributed by atoms with Crippen molar-refractivity contribution in [2.75, 3.05) is 19.8 Å². The van der Waals surface area contributed by atoms with E-state index in [4.69, 9.17) is 4.74 Å². The van der Waals surface area contributed by atoms with E-state index in [1.807, 2.05) is 34.7 Å². The molecule has 1 saturated carbocycles. The van der Waals surface area contributed by atoms with Crippen LogP contribution in [0.5, 0.6) is 0 Å². The van der Waals surface area contributed by atoms with Crippen LogP contribution in [-0.2, 0) is 22.5 Å². The van der Waals surface area contributed by atoms with Gasteiger partial charge in [0, 0.05) is 30.8 Å². The summed E-state index contributed by atoms with van der Waals surface area (Å²) in [6, 6.07) is 6.26. The Hall–Kier alpha value is -1.66. The smallest absolute Gasteiger partial charge is 0.228 e. The maximum absolute atomic E-state index is 12.6. The van der Waals surface area contributed by atoms with Gasteiger partial charge in [0.05, 0.1) is 24.7 Å². The van der Waals surface area contributed by atoms with E-state index in [0.29, 0.717) is 13.0 Å². The van der Waals surface area contributed by atoms with Gasteiger partial charge in [0.2, 0.25) is 5.91 Å². The number of rotatable bonds is 7. The van der Waals surface area contributed by atoms with Crippen molar-refractivity contribution in [3.8, 4) is 0 Å². The van der Waals surface area contributed by atoms with Crippen LogP contribution >= 0.6 is 11.3 Å². The van der Waals surface area contributed by atoms with Crippen molar-refractivity contribution in [2.24, 2.45) is 5.92 Å². The van der Waals surface area contributed by atoms with Gasteiger partial charge in [0.15, 0.2) is 0 Å². The second-order valence-corrected chi connectivity index (χ2v) is 7.79. The van der Waals surface area contributed by atoms with E-state index in [1.54, 1.807) is 11.3 Å². The van der Waals surface area contributed by atoms with Crippen LogP contribution in [0.2, 0.25) is 0 Å². The molecule has 0 radical (unpaired) electrons. The minimum absolute atomic E-state index is 0.203. The quantitative estimate of drug-likeness (QED) is 0.725. The van der Waals surface area contributed by atoms with Crippen LogP contribution in [0.4, 0.5) is 0 Å². The Morgan fingerprint density at radius 1 is 1.38 bits per heavy atom. The third kappa shape index (κ3) is 3.70. The highest BCUT2D eigenvalue weighted by atomic mass is 32.1. The van der Waals surface area contributed by atoms with Crippen LogP contribution in [0.1, 0.15) is 35.9 Å². The second-order valence-electron chi connectivity index (χ2n) is 6.76. The Morgan fingerprint density at radius 3 is 3.08 bits per heavy atom. The summed E-state index contributed by atoms with van der Waals surface area (Å²) in [5.74, 6) is 0.995. The largest absolute Gasteiger partial charge is 0.381 e. The molecule has 0 spiro atoms. The van der Waals surface area contributed by atoms with E-state index in [-0.39, 0.29) is 11.9 Å². The SMILES string of the molecule is O=C(Cc1cccs1)N1Cc2ccnn2[C@H](CCOCC2CC2)C1. The first kappa shape index (κ1) is 15.8. The van der Waals surface area contributed by atoms with E-state index in [2.05, 4.69) is 9.78 Å². The Labute approximate surface area is 146 Å². The Balaban J connectivity index is 1.37. The van der Waals surface area contributed by atoms with Gasteiger partial charge in [-0.1, -0.05) is 6.07 Å². The lowest BCUT2D eigenvalue weighted by molar-refractivity contribution is -0.132. The highest BCUT2D eigenvalue weighted by Crippen LogP contribution is 2.29. The predicted octanol–water partition coefficient (Wildman–Crippen LogP) is 2.89. The minimum Gasteiger partial charge on any atom is -0.381 e. The van der Waals surface area contributed by atoms with Crippen LogP contribution in [0, 0.1) is 5.92 Å². The number of nitrogens with zero attached hydrogens (tertiary/aromatic N) is 3. The minimum atomic E-state index is 0.203. The average molecular weight is 345 g/mol. The van der Waals surface area contributed by atoms with E-state index in [1.165, 1.54) is 12.8 Å². The fraction of sp³-hybridized carbons (Fsp3) is 0.556. The van der Waals surface area contributed by atoms with Crippen molar-refractivity contribution in [1.29, 1.82) is 0 Å². The molecule has 0 aromatic carbocycles. The first-order valence-electron chi connectivity index (χ1n) is 8.70. The average Bonchev–Trinajstić information content (AvgIpc) is 3.06. The third-order valence-corrected chi connectivity index (χ3v) is 5.66. The van der Waals surface area contributed by atoms with Gasteiger partial charge in [-0.15, -0.1) is 11.3 Å². The first-order chi connectivity index (χ1) is 11.8. The van der Waals surface area contributed by atoms with Gasteiger partial charge in [0.1, 0.15) is 0 Å². The van der Waals surface area contributed by atoms with Crippen molar-refractivity contribution in [3.05, 3.63) is 40.3 Å². The number of carbonyl (C=O) groups excluding carboxylic acids is 1. The van der Waals surface area contributed by atoms with Crippen molar-refractivity contribution < 1.29 is 9.53 Å². The number of hydrogen-bond acceptors (Lipinski definition) is 4. The highest BCUT2D eigenvalue weighted by Gasteiger charge is 2.28. The molecule has 0 saturated heterocycles. The van der Waals surface area contributed by atoms with Crippen LogP contribution in [0.3, 0.4) is 0 Å². The molecule has 5 nitrogen and oxygen atoms in total. The molecule has 2 aromatic rings. The lowest BCUT2D eigenvalue weighted by Gasteiger charge is -2.34. The van der Waals surface area contributed by atoms with Crippen LogP contribution < -0.4 is 0 Å². The van der Waals surface area contributed by atoms with Crippen LogP contribution in [-0.4, -0.2) is 40.3 Å². The molecule has 1 aliphatic carbocycles. The highest BCUT2D eigenvalue weighted by molar-refractivity contribution is 7.10. The first-order valence-corrected chi connectivity index (χ1v) is 9.58. The topological polar surface area (TPSA) is 47.4 Å². The van der Waals surface area contributed by atoms with Crippen molar-refractivity contribution in [3.63, 3.8) is 0 Å². The monoisotopic (exact) mass is 345 g/mol. The molecule has 1 amide bonds. The van der Waals surface area contributed by atoms with Gasteiger partial charge in [0.25, 0.3) is 0 Å². The number of thiophene rings is 1. The second kappa shape index (κ2) is 7.07. The zero-order valence-corrected chi connectivity index (χ0v) is 14.6. The Bertz CT molecular complexity index is 678. The van der Waals surface area contributed by atoms with E-state index >= 15 is 0 Å². The van der Waals surface area contributed by atoms with E-state index in [0.717, 1.165) is 42.7 Å². The molecule has 3 heterocycles. The number of hydrogen-bond donors (Lipinski definition) is 0. The molecule has 0 bridgehead atoms. The summed E-state index contributed by atoms with van der Waals surface area (Å²) in [6.45, 7) is 3.02. The summed E-state index contributed by atoms with van der Waals surface area (Å²) in [5.41, 5.74) is 1.12. The number of aromatic nitrogens is 2. The summed E-state index contributed by atoms with van der Waals surface area (Å²) in [4.78, 5) is 15.7. The van der Waals surface area contributed by atoms with Crippen LogP contribution in [0.25, 0.3) is 0 Å². The van der Waals surface area contributed by atoms with Gasteiger partial charge >= 0.3 is 0 Å². The van der Waals surface area contributed by atoms with Crippen molar-refractivity contribution in [1.82, 2.24) is 14.7 Å². The predicted molar refractivity (Wildman–Crippen MR) is 92.9 cm³/mol. The molecule has 0 N–H and O–H groups in total. The number of fused-ring (bicyclic) bond motifs is 1. The third-order valence-electron chi connectivity index (χ3n) is 4.79. The molecule has 0 unspecified atom stereocenters. The van der Waals surface area contributed by atoms with Gasteiger partial charge in [-0.2, -0.15) is 5.10 Å². The molecular formula is C18H23N3O2S. The van der Waals surface area contributed by atoms with Crippen molar-refractivity contribution in [2.45, 2.75) is 38.3 Å². The maximum Gasteiger partial charge on any atom is 0.228 e. The zero-order chi connectivity index (χ0) is 16.4. The molecule has 1 atom stereocenters. The Kier molecular flexibility index (Phi) is 4.67. The molecule has 2 aliphatic rings. The van der Waals surface area contributed by atoms with E-state index in [9.17, 15) is 4.79 Å². The summed E-state index contributed by atoms with van der Waals surface area (Å²) < 4.78 is 7.87. The molecule has 1 aliphatic heterocycles. The summed E-state index contributed by atoms with van der Waals surface area (Å²) in [6.07, 6.45) is 5.87. The van der Waals surface area contributed by atoms with Gasteiger partial charge in [-0.05, 0) is 42.7 Å². The van der Waals surface area contributed by atoms with Gasteiger partial charge in [-0.25, -0.2) is 0 Å². The number of ether oxygens (including phenoxy) is 1. The molecule has 4 rings (SSSR count). The summed E-state index contributed by atoms with van der Waals surface area (Å²) >= 11 is 1.64. The van der Waals surface area contributed by atoms with Crippen molar-refractivity contribution >= 4 is 17.2 Å². The summed E-state index contributed by atoms with van der Waals surface area (Å²) in [7, 11) is 0. The fourth-order valence-corrected chi connectivity index (χ4v) is 3.91. The molecule has 1 fully saturated rings. The number of amides is 1. The van der Waals surface area contributed by atoms with E-state index < -0.39 is 0 Å². The molecular weight excluding hydrogens is 322 g/mol. The molecule has 128 valence electrons. The van der Waals surface area contributed by atoms with Gasteiger partial charge < -0.3 is 9.64 Å². The summed E-state index contributed by atoms with van der Waals surface area (Å²) in [5, 5.41) is 6.48. The zero-order valence-electron chi connectivity index (χ0n) is 13.8. The Morgan fingerprint density at radius 2 is 2.29 bits per heavy atom. The van der Waals surface area contributed by atoms with Gasteiger partial charge in [-0.3, -0.25) is 9.48 Å². The molecule has 6 heteroatoms. The maximum atomic E-state index is 12.6. The number of carbonyl (C=O) groups is 1. The van der Waals surface area contributed by atoms with Crippen LogP contribution in [0.15, 0.2) is 29.8 Å².